The van der Waals surface area contributed by atoms with Gasteiger partial charge in [0.15, 0.2) is 0 Å². The van der Waals surface area contributed by atoms with Crippen LogP contribution in [0.25, 0.3) is 0 Å². The normalized spacial score (nSPS) is 14.5. The Balaban J connectivity index is 1.81. The highest BCUT2D eigenvalue weighted by Crippen LogP contribution is 2.32. The molecule has 1 amide bonds. The summed E-state index contributed by atoms with van der Waals surface area (Å²) in [5.74, 6) is -0.489. The number of ether oxygens (including phenoxy) is 1. The van der Waals surface area contributed by atoms with Gasteiger partial charge in [-0.25, -0.2) is 4.79 Å². The number of carbonyl (C=O) groups excluding carboxylic acids is 1. The number of carboxylic acid groups (broad SMARTS) is 1. The third-order valence-electron chi connectivity index (χ3n) is 4.76. The predicted molar refractivity (Wildman–Crippen MR) is 101 cm³/mol. The highest BCUT2D eigenvalue weighted by atomic mass is 16.5. The van der Waals surface area contributed by atoms with E-state index in [1.54, 1.807) is 31.5 Å². The maximum atomic E-state index is 13.0. The van der Waals surface area contributed by atoms with E-state index >= 15 is 0 Å². The monoisotopic (exact) mass is 368 g/mol. The van der Waals surface area contributed by atoms with Crippen LogP contribution in [0.5, 0.6) is 5.75 Å². The quantitative estimate of drug-likeness (QED) is 0.811. The molecule has 1 aromatic heterocycles. The van der Waals surface area contributed by atoms with Crippen LogP contribution in [0.15, 0.2) is 36.7 Å². The fourth-order valence-electron chi connectivity index (χ4n) is 3.22. The largest absolute Gasteiger partial charge is 0.488 e. The van der Waals surface area contributed by atoms with Gasteiger partial charge in [0, 0.05) is 29.6 Å². The molecule has 1 fully saturated rings. The summed E-state index contributed by atoms with van der Waals surface area (Å²) in [6, 6.07) is 6.53. The van der Waals surface area contributed by atoms with E-state index in [9.17, 15) is 14.7 Å². The summed E-state index contributed by atoms with van der Waals surface area (Å²) in [6.45, 7) is 5.74. The number of pyridine rings is 1. The fraction of sp³-hybridized carbons (Fsp3) is 0.381. The van der Waals surface area contributed by atoms with E-state index in [2.05, 4.69) is 4.98 Å². The standard InChI is InChI=1S/C21H24N2O4/c1-13-9-17(20(24)23(18-6-7-18)15(3)21(25)26)10-14(2)19(13)27-12-16-5-4-8-22-11-16/h4-5,8-11,15,18H,6-7,12H2,1-3H3,(H,25,26). The molecule has 0 bridgehead atoms. The smallest absolute Gasteiger partial charge is 0.326 e. The molecule has 142 valence electrons. The summed E-state index contributed by atoms with van der Waals surface area (Å²) >= 11 is 0. The summed E-state index contributed by atoms with van der Waals surface area (Å²) in [5.41, 5.74) is 3.16. The average Bonchev–Trinajstić information content (AvgIpc) is 3.46. The van der Waals surface area contributed by atoms with Gasteiger partial charge in [0.05, 0.1) is 0 Å². The molecular formula is C21H24N2O4. The van der Waals surface area contributed by atoms with Crippen molar-refractivity contribution in [2.24, 2.45) is 0 Å². The van der Waals surface area contributed by atoms with Crippen LogP contribution in [0.2, 0.25) is 0 Å². The molecule has 6 nitrogen and oxygen atoms in total. The number of carbonyl (C=O) groups is 2. The zero-order chi connectivity index (χ0) is 19.6. The van der Waals surface area contributed by atoms with Crippen LogP contribution in [-0.2, 0) is 11.4 Å². The Hall–Kier alpha value is -2.89. The molecule has 1 heterocycles. The van der Waals surface area contributed by atoms with Crippen LogP contribution in [0.4, 0.5) is 0 Å². The van der Waals surface area contributed by atoms with Crippen LogP contribution in [0, 0.1) is 13.8 Å². The molecule has 0 aliphatic heterocycles. The minimum absolute atomic E-state index is 0.0192. The van der Waals surface area contributed by atoms with Gasteiger partial charge in [0.2, 0.25) is 0 Å². The number of aliphatic carboxylic acids is 1. The third-order valence-corrected chi connectivity index (χ3v) is 4.76. The highest BCUT2D eigenvalue weighted by Gasteiger charge is 2.39. The van der Waals surface area contributed by atoms with Crippen molar-refractivity contribution in [3.63, 3.8) is 0 Å². The zero-order valence-corrected chi connectivity index (χ0v) is 15.8. The lowest BCUT2D eigenvalue weighted by Gasteiger charge is -2.27. The Morgan fingerprint density at radius 1 is 1.30 bits per heavy atom. The SMILES string of the molecule is Cc1cc(C(=O)N(C2CC2)C(C)C(=O)O)cc(C)c1OCc1cccnc1. The Bertz CT molecular complexity index is 824. The Morgan fingerprint density at radius 2 is 1.96 bits per heavy atom. The summed E-state index contributed by atoms with van der Waals surface area (Å²) < 4.78 is 5.94. The number of amides is 1. The van der Waals surface area contributed by atoms with Crippen molar-refractivity contribution < 1.29 is 19.4 Å². The van der Waals surface area contributed by atoms with Crippen LogP contribution >= 0.6 is 0 Å². The lowest BCUT2D eigenvalue weighted by Crippen LogP contribution is -2.44. The second-order valence-electron chi connectivity index (χ2n) is 7.05. The number of nitrogens with zero attached hydrogens (tertiary/aromatic N) is 2. The van der Waals surface area contributed by atoms with E-state index in [1.165, 1.54) is 4.90 Å². The van der Waals surface area contributed by atoms with E-state index in [-0.39, 0.29) is 11.9 Å². The molecule has 1 unspecified atom stereocenters. The molecule has 2 aromatic rings. The van der Waals surface area contributed by atoms with Gasteiger partial charge in [0.1, 0.15) is 18.4 Å². The fourth-order valence-corrected chi connectivity index (χ4v) is 3.22. The van der Waals surface area contributed by atoms with Crippen molar-refractivity contribution in [3.05, 3.63) is 58.9 Å². The topological polar surface area (TPSA) is 79.7 Å². The first-order valence-corrected chi connectivity index (χ1v) is 9.07. The molecule has 1 aliphatic rings. The van der Waals surface area contributed by atoms with Gasteiger partial charge in [-0.2, -0.15) is 0 Å². The zero-order valence-electron chi connectivity index (χ0n) is 15.8. The number of aromatic nitrogens is 1. The van der Waals surface area contributed by atoms with E-state index in [4.69, 9.17) is 4.74 Å². The van der Waals surface area contributed by atoms with Gasteiger partial charge >= 0.3 is 5.97 Å². The molecule has 3 rings (SSSR count). The second kappa shape index (κ2) is 7.78. The van der Waals surface area contributed by atoms with Gasteiger partial charge in [0.25, 0.3) is 5.91 Å². The molecule has 1 N–H and O–H groups in total. The van der Waals surface area contributed by atoms with Gasteiger partial charge in [-0.1, -0.05) is 6.07 Å². The van der Waals surface area contributed by atoms with Gasteiger partial charge < -0.3 is 14.7 Å². The first-order valence-electron chi connectivity index (χ1n) is 9.07. The Morgan fingerprint density at radius 3 is 2.48 bits per heavy atom. The number of aryl methyl sites for hydroxylation is 2. The van der Waals surface area contributed by atoms with Gasteiger partial charge in [-0.3, -0.25) is 9.78 Å². The summed E-state index contributed by atoms with van der Waals surface area (Å²) in [6.07, 6.45) is 5.18. The number of benzene rings is 1. The Labute approximate surface area is 158 Å². The van der Waals surface area contributed by atoms with Crippen molar-refractivity contribution in [1.82, 2.24) is 9.88 Å². The number of hydrogen-bond donors (Lipinski definition) is 1. The molecule has 1 aliphatic carbocycles. The molecule has 0 spiro atoms. The number of hydrogen-bond acceptors (Lipinski definition) is 4. The van der Waals surface area contributed by atoms with E-state index in [0.29, 0.717) is 12.2 Å². The lowest BCUT2D eigenvalue weighted by molar-refractivity contribution is -0.141. The van der Waals surface area contributed by atoms with Crippen LogP contribution in [-0.4, -0.2) is 39.0 Å². The molecular weight excluding hydrogens is 344 g/mol. The molecule has 1 aromatic carbocycles. The minimum Gasteiger partial charge on any atom is -0.488 e. The lowest BCUT2D eigenvalue weighted by atomic mass is 10.0. The second-order valence-corrected chi connectivity index (χ2v) is 7.05. The minimum atomic E-state index is -0.986. The van der Waals surface area contributed by atoms with Crippen molar-refractivity contribution in [3.8, 4) is 5.75 Å². The van der Waals surface area contributed by atoms with E-state index < -0.39 is 12.0 Å². The molecule has 27 heavy (non-hydrogen) atoms. The third kappa shape index (κ3) is 4.27. The predicted octanol–water partition coefficient (Wildman–Crippen LogP) is 3.36. The van der Waals surface area contributed by atoms with Crippen molar-refractivity contribution in [2.75, 3.05) is 0 Å². The highest BCUT2D eigenvalue weighted by molar-refractivity contribution is 5.97. The first-order chi connectivity index (χ1) is 12.9. The average molecular weight is 368 g/mol. The Kier molecular flexibility index (Phi) is 5.44. The number of carboxylic acids is 1. The van der Waals surface area contributed by atoms with Gasteiger partial charge in [-0.15, -0.1) is 0 Å². The molecule has 6 heteroatoms. The van der Waals surface area contributed by atoms with Crippen molar-refractivity contribution in [2.45, 2.75) is 52.3 Å². The van der Waals surface area contributed by atoms with Crippen LogP contribution < -0.4 is 4.74 Å². The maximum absolute atomic E-state index is 13.0. The summed E-state index contributed by atoms with van der Waals surface area (Å²) in [7, 11) is 0. The first kappa shape index (κ1) is 18.9. The van der Waals surface area contributed by atoms with Crippen LogP contribution in [0.3, 0.4) is 0 Å². The van der Waals surface area contributed by atoms with Crippen molar-refractivity contribution >= 4 is 11.9 Å². The van der Waals surface area contributed by atoms with E-state index in [1.807, 2.05) is 26.0 Å². The molecule has 1 saturated carbocycles. The summed E-state index contributed by atoms with van der Waals surface area (Å²) in [5, 5.41) is 9.34. The number of rotatable bonds is 7. The molecule has 0 radical (unpaired) electrons. The van der Waals surface area contributed by atoms with Crippen molar-refractivity contribution in [1.29, 1.82) is 0 Å². The van der Waals surface area contributed by atoms with E-state index in [0.717, 1.165) is 35.3 Å². The summed E-state index contributed by atoms with van der Waals surface area (Å²) in [4.78, 5) is 29.9. The molecule has 1 atom stereocenters. The van der Waals surface area contributed by atoms with Gasteiger partial charge in [-0.05, 0) is 62.9 Å². The maximum Gasteiger partial charge on any atom is 0.326 e. The van der Waals surface area contributed by atoms with Crippen LogP contribution in [0.1, 0.15) is 46.8 Å². The molecule has 0 saturated heterocycles.